The van der Waals surface area contributed by atoms with E-state index in [1.165, 1.54) is 25.7 Å². The van der Waals surface area contributed by atoms with Gasteiger partial charge in [0.2, 0.25) is 0 Å². The fraction of sp³-hybridized carbons (Fsp3) is 0.833. The Labute approximate surface area is 139 Å². The van der Waals surface area contributed by atoms with Gasteiger partial charge in [-0.1, -0.05) is 12.2 Å². The standard InChI is InChI=1S/C18H31N3O2/c1-2-23-17(22)18-12-15(18)8-5-3-4-6-10-19-14-21-11-7-9-16(21)13-20-18/h5,8,15-16,19-20H,2-4,6-7,9-14H2,1H3/b8-5-. The summed E-state index contributed by atoms with van der Waals surface area (Å²) in [5.41, 5.74) is -0.460. The highest BCUT2D eigenvalue weighted by Crippen LogP contribution is 2.46. The molecule has 5 heteroatoms. The third-order valence-electron chi connectivity index (χ3n) is 5.46. The van der Waals surface area contributed by atoms with Crippen LogP contribution in [0.15, 0.2) is 12.2 Å². The lowest BCUT2D eigenvalue weighted by Gasteiger charge is -2.27. The molecule has 2 aliphatic heterocycles. The summed E-state index contributed by atoms with van der Waals surface area (Å²) in [6.45, 7) is 6.45. The van der Waals surface area contributed by atoms with E-state index in [9.17, 15) is 4.79 Å². The normalized spacial score (nSPS) is 37.3. The van der Waals surface area contributed by atoms with Crippen LogP contribution >= 0.6 is 0 Å². The first-order valence-electron chi connectivity index (χ1n) is 9.30. The highest BCUT2D eigenvalue weighted by Gasteiger charge is 2.60. The number of carbonyl (C=O) groups excluding carboxylic acids is 1. The van der Waals surface area contributed by atoms with Crippen LogP contribution in [-0.4, -0.2) is 55.4 Å². The zero-order valence-electron chi connectivity index (χ0n) is 14.4. The highest BCUT2D eigenvalue weighted by molar-refractivity contribution is 5.85. The lowest BCUT2D eigenvalue weighted by molar-refractivity contribution is -0.147. The van der Waals surface area contributed by atoms with Gasteiger partial charge in [-0.15, -0.1) is 0 Å². The fourth-order valence-electron chi connectivity index (χ4n) is 3.92. The maximum Gasteiger partial charge on any atom is 0.326 e. The summed E-state index contributed by atoms with van der Waals surface area (Å²) in [5, 5.41) is 7.15. The van der Waals surface area contributed by atoms with Crippen LogP contribution < -0.4 is 10.6 Å². The van der Waals surface area contributed by atoms with Crippen LogP contribution in [0.2, 0.25) is 0 Å². The molecule has 1 saturated carbocycles. The lowest BCUT2D eigenvalue weighted by atomic mass is 10.1. The molecule has 130 valence electrons. The summed E-state index contributed by atoms with van der Waals surface area (Å²) in [6, 6.07) is 0.530. The average Bonchev–Trinajstić information content (AvgIpc) is 3.08. The van der Waals surface area contributed by atoms with Gasteiger partial charge in [0, 0.05) is 25.2 Å². The average molecular weight is 321 g/mol. The van der Waals surface area contributed by atoms with Crippen molar-refractivity contribution in [2.45, 2.75) is 57.0 Å². The van der Waals surface area contributed by atoms with Gasteiger partial charge in [0.1, 0.15) is 5.54 Å². The van der Waals surface area contributed by atoms with Gasteiger partial charge in [0.25, 0.3) is 0 Å². The van der Waals surface area contributed by atoms with Gasteiger partial charge >= 0.3 is 5.97 Å². The van der Waals surface area contributed by atoms with E-state index in [4.69, 9.17) is 4.74 Å². The van der Waals surface area contributed by atoms with E-state index in [1.807, 2.05) is 6.92 Å². The van der Waals surface area contributed by atoms with E-state index in [-0.39, 0.29) is 5.97 Å². The van der Waals surface area contributed by atoms with Crippen LogP contribution in [0.3, 0.4) is 0 Å². The summed E-state index contributed by atoms with van der Waals surface area (Å²) in [4.78, 5) is 15.0. The van der Waals surface area contributed by atoms with E-state index in [1.54, 1.807) is 0 Å². The molecule has 0 aromatic heterocycles. The van der Waals surface area contributed by atoms with Gasteiger partial charge < -0.3 is 10.1 Å². The predicted molar refractivity (Wildman–Crippen MR) is 91.1 cm³/mol. The minimum Gasteiger partial charge on any atom is -0.465 e. The molecule has 1 aliphatic carbocycles. The van der Waals surface area contributed by atoms with Crippen LogP contribution in [0.25, 0.3) is 0 Å². The van der Waals surface area contributed by atoms with E-state index >= 15 is 0 Å². The molecule has 2 fully saturated rings. The monoisotopic (exact) mass is 321 g/mol. The number of nitrogens with one attached hydrogen (secondary N) is 2. The zero-order valence-corrected chi connectivity index (χ0v) is 14.4. The first-order chi connectivity index (χ1) is 11.3. The SMILES string of the molecule is CCOC(=O)C12CC1/C=C\CCCCNCN1CCCC1CN2. The fourth-order valence-corrected chi connectivity index (χ4v) is 3.92. The Morgan fingerprint density at radius 2 is 2.30 bits per heavy atom. The Kier molecular flexibility index (Phi) is 5.72. The molecule has 23 heavy (non-hydrogen) atoms. The van der Waals surface area contributed by atoms with Crippen LogP contribution in [0.4, 0.5) is 0 Å². The largest absolute Gasteiger partial charge is 0.465 e. The molecule has 1 saturated heterocycles. The molecule has 3 unspecified atom stereocenters. The van der Waals surface area contributed by atoms with Crippen molar-refractivity contribution in [1.82, 2.24) is 15.5 Å². The molecule has 0 aromatic rings. The smallest absolute Gasteiger partial charge is 0.326 e. The molecule has 0 spiro atoms. The van der Waals surface area contributed by atoms with Gasteiger partial charge in [0.15, 0.2) is 0 Å². The minimum atomic E-state index is -0.460. The lowest BCUT2D eigenvalue weighted by Crippen LogP contribution is -2.49. The molecule has 0 amide bonds. The molecule has 5 nitrogen and oxygen atoms in total. The summed E-state index contributed by atoms with van der Waals surface area (Å²) in [6.07, 6.45) is 11.4. The molecular formula is C18H31N3O2. The molecule has 0 aromatic carbocycles. The molecule has 3 aliphatic rings. The Morgan fingerprint density at radius 3 is 3.17 bits per heavy atom. The summed E-state index contributed by atoms with van der Waals surface area (Å²) >= 11 is 0. The summed E-state index contributed by atoms with van der Waals surface area (Å²) in [7, 11) is 0. The van der Waals surface area contributed by atoms with Gasteiger partial charge in [-0.05, 0) is 58.5 Å². The Hall–Kier alpha value is -0.910. The first kappa shape index (κ1) is 16.9. The number of rotatable bonds is 2. The number of hydrogen-bond donors (Lipinski definition) is 2. The summed E-state index contributed by atoms with van der Waals surface area (Å²) < 4.78 is 5.35. The van der Waals surface area contributed by atoms with E-state index in [2.05, 4.69) is 27.7 Å². The molecule has 3 rings (SSSR count). The van der Waals surface area contributed by atoms with Crippen molar-refractivity contribution in [2.24, 2.45) is 5.92 Å². The van der Waals surface area contributed by atoms with Gasteiger partial charge in [0.05, 0.1) is 6.61 Å². The Bertz CT molecular complexity index is 440. The second kappa shape index (κ2) is 7.77. The third-order valence-corrected chi connectivity index (χ3v) is 5.46. The van der Waals surface area contributed by atoms with Crippen molar-refractivity contribution < 1.29 is 9.53 Å². The van der Waals surface area contributed by atoms with Crippen LogP contribution in [0.1, 0.15) is 45.4 Å². The van der Waals surface area contributed by atoms with Crippen molar-refractivity contribution >= 4 is 5.97 Å². The molecule has 0 bridgehead atoms. The zero-order chi connectivity index (χ0) is 16.1. The first-order valence-corrected chi connectivity index (χ1v) is 9.30. The number of allylic oxidation sites excluding steroid dienone is 1. The van der Waals surface area contributed by atoms with Crippen molar-refractivity contribution in [3.8, 4) is 0 Å². The van der Waals surface area contributed by atoms with Crippen molar-refractivity contribution in [3.63, 3.8) is 0 Å². The topological polar surface area (TPSA) is 53.6 Å². The van der Waals surface area contributed by atoms with E-state index in [0.29, 0.717) is 18.6 Å². The number of esters is 1. The minimum absolute atomic E-state index is 0.0654. The molecule has 0 radical (unpaired) electrons. The van der Waals surface area contributed by atoms with Gasteiger partial charge in [-0.2, -0.15) is 0 Å². The molecular weight excluding hydrogens is 290 g/mol. The van der Waals surface area contributed by atoms with E-state index < -0.39 is 5.54 Å². The van der Waals surface area contributed by atoms with Crippen molar-refractivity contribution in [2.75, 3.05) is 32.9 Å². The maximum atomic E-state index is 12.4. The molecule has 2 heterocycles. The summed E-state index contributed by atoms with van der Waals surface area (Å²) in [5.74, 6) is 0.238. The number of ether oxygens (including phenoxy) is 1. The van der Waals surface area contributed by atoms with Crippen LogP contribution in [0.5, 0.6) is 0 Å². The van der Waals surface area contributed by atoms with Crippen LogP contribution in [-0.2, 0) is 9.53 Å². The number of nitrogens with zero attached hydrogens (tertiary/aromatic N) is 1. The number of hydrogen-bond acceptors (Lipinski definition) is 5. The second-order valence-corrected chi connectivity index (χ2v) is 7.07. The Balaban J connectivity index is 1.68. The van der Waals surface area contributed by atoms with Crippen molar-refractivity contribution in [1.29, 1.82) is 0 Å². The maximum absolute atomic E-state index is 12.4. The van der Waals surface area contributed by atoms with E-state index in [0.717, 1.165) is 39.1 Å². The second-order valence-electron chi connectivity index (χ2n) is 7.07. The number of fused-ring (bicyclic) bond motifs is 2. The van der Waals surface area contributed by atoms with Gasteiger partial charge in [-0.25, -0.2) is 0 Å². The number of carbonyl (C=O) groups is 1. The molecule has 2 N–H and O–H groups in total. The van der Waals surface area contributed by atoms with Crippen molar-refractivity contribution in [3.05, 3.63) is 12.2 Å². The highest BCUT2D eigenvalue weighted by atomic mass is 16.5. The molecule has 3 atom stereocenters. The third kappa shape index (κ3) is 3.95. The quantitative estimate of drug-likeness (QED) is 0.598. The Morgan fingerprint density at radius 1 is 1.39 bits per heavy atom. The predicted octanol–water partition coefficient (Wildman–Crippen LogP) is 1.65. The van der Waals surface area contributed by atoms with Gasteiger partial charge in [-0.3, -0.25) is 15.0 Å². The van der Waals surface area contributed by atoms with Crippen LogP contribution in [0, 0.1) is 5.92 Å².